The Hall–Kier alpha value is -2.05. The van der Waals surface area contributed by atoms with Gasteiger partial charge in [0.2, 0.25) is 0 Å². The molecule has 84 valence electrons. The minimum absolute atomic E-state index is 0.183. The number of rotatable bonds is 2. The van der Waals surface area contributed by atoms with Crippen LogP contribution in [0.25, 0.3) is 5.82 Å². The molecule has 0 fully saturated rings. The summed E-state index contributed by atoms with van der Waals surface area (Å²) < 4.78 is 25.6. The third-order valence-electron chi connectivity index (χ3n) is 1.99. The summed E-state index contributed by atoms with van der Waals surface area (Å²) >= 11 is 0. The van der Waals surface area contributed by atoms with E-state index in [1.165, 1.54) is 6.07 Å². The fraction of sp³-hybridized carbons (Fsp3) is 0.222. The van der Waals surface area contributed by atoms with Crippen molar-refractivity contribution in [2.24, 2.45) is 0 Å². The number of aromatic amines is 1. The highest BCUT2D eigenvalue weighted by molar-refractivity contribution is 5.21. The van der Waals surface area contributed by atoms with Crippen LogP contribution in [0.4, 0.5) is 8.78 Å². The minimum Gasteiger partial charge on any atom is -0.288 e. The molecule has 0 unspecified atom stereocenters. The van der Waals surface area contributed by atoms with Crippen molar-refractivity contribution < 1.29 is 8.78 Å². The zero-order valence-corrected chi connectivity index (χ0v) is 8.32. The molecular formula is C9H8F2N4O. The van der Waals surface area contributed by atoms with E-state index in [1.807, 2.05) is 0 Å². The summed E-state index contributed by atoms with van der Waals surface area (Å²) in [7, 11) is 0. The van der Waals surface area contributed by atoms with Gasteiger partial charge in [-0.15, -0.1) is 5.10 Å². The topological polar surface area (TPSA) is 63.6 Å². The molecule has 2 aromatic rings. The number of nitrogens with zero attached hydrogens (tertiary/aromatic N) is 3. The molecule has 0 saturated heterocycles. The van der Waals surface area contributed by atoms with Gasteiger partial charge in [-0.2, -0.15) is 9.78 Å². The number of aryl methyl sites for hydroxylation is 1. The Balaban J connectivity index is 2.48. The molecule has 2 heterocycles. The van der Waals surface area contributed by atoms with Crippen LogP contribution < -0.4 is 5.56 Å². The van der Waals surface area contributed by atoms with Crippen molar-refractivity contribution in [2.75, 3.05) is 0 Å². The first kappa shape index (κ1) is 10.5. The van der Waals surface area contributed by atoms with Crippen LogP contribution in [-0.2, 0) is 0 Å². The van der Waals surface area contributed by atoms with Gasteiger partial charge < -0.3 is 0 Å². The van der Waals surface area contributed by atoms with E-state index in [4.69, 9.17) is 0 Å². The molecule has 0 aromatic carbocycles. The third kappa shape index (κ3) is 1.83. The molecule has 0 radical (unpaired) electrons. The van der Waals surface area contributed by atoms with Crippen LogP contribution in [0.3, 0.4) is 0 Å². The molecule has 7 heteroatoms. The average Bonchev–Trinajstić information content (AvgIpc) is 2.62. The Labute approximate surface area is 88.7 Å². The van der Waals surface area contributed by atoms with E-state index >= 15 is 0 Å². The third-order valence-corrected chi connectivity index (χ3v) is 1.99. The van der Waals surface area contributed by atoms with E-state index in [1.54, 1.807) is 13.0 Å². The molecule has 2 aromatic heterocycles. The molecular weight excluding hydrogens is 218 g/mol. The normalized spacial score (nSPS) is 11.0. The second-order valence-corrected chi connectivity index (χ2v) is 3.22. The number of aromatic nitrogens is 4. The van der Waals surface area contributed by atoms with E-state index < -0.39 is 17.7 Å². The molecule has 0 amide bonds. The zero-order valence-electron chi connectivity index (χ0n) is 8.32. The Morgan fingerprint density at radius 3 is 2.62 bits per heavy atom. The maximum atomic E-state index is 12.3. The number of hydrogen-bond acceptors (Lipinski definition) is 3. The van der Waals surface area contributed by atoms with Gasteiger partial charge >= 0.3 is 0 Å². The molecule has 2 rings (SSSR count). The van der Waals surface area contributed by atoms with Crippen molar-refractivity contribution in [3.05, 3.63) is 39.9 Å². The first-order chi connectivity index (χ1) is 7.58. The first-order valence-corrected chi connectivity index (χ1v) is 4.49. The molecule has 0 aliphatic rings. The molecule has 5 nitrogen and oxygen atoms in total. The smallest absolute Gasteiger partial charge is 0.279 e. The first-order valence-electron chi connectivity index (χ1n) is 4.49. The van der Waals surface area contributed by atoms with Crippen LogP contribution in [0.5, 0.6) is 0 Å². The summed E-state index contributed by atoms with van der Waals surface area (Å²) in [5, 5.41) is 9.72. The molecule has 0 spiro atoms. The number of alkyl halides is 2. The maximum absolute atomic E-state index is 12.3. The van der Waals surface area contributed by atoms with Crippen molar-refractivity contribution in [3.8, 4) is 5.82 Å². The van der Waals surface area contributed by atoms with Crippen molar-refractivity contribution in [3.63, 3.8) is 0 Å². The lowest BCUT2D eigenvalue weighted by atomic mass is 10.4. The number of hydrogen-bond donors (Lipinski definition) is 1. The number of halogens is 2. The highest BCUT2D eigenvalue weighted by Gasteiger charge is 2.13. The summed E-state index contributed by atoms with van der Waals surface area (Å²) in [6, 6.07) is 4.00. The van der Waals surface area contributed by atoms with Crippen molar-refractivity contribution >= 4 is 0 Å². The van der Waals surface area contributed by atoms with Gasteiger partial charge in [-0.1, -0.05) is 0 Å². The second-order valence-electron chi connectivity index (χ2n) is 3.22. The van der Waals surface area contributed by atoms with Gasteiger partial charge in [-0.25, -0.2) is 8.78 Å². The van der Waals surface area contributed by atoms with Gasteiger partial charge in [0.1, 0.15) is 5.69 Å². The lowest BCUT2D eigenvalue weighted by molar-refractivity contribution is 0.145. The van der Waals surface area contributed by atoms with Gasteiger partial charge in [0.25, 0.3) is 12.0 Å². The summed E-state index contributed by atoms with van der Waals surface area (Å²) in [5.41, 5.74) is -0.349. The second kappa shape index (κ2) is 3.84. The van der Waals surface area contributed by atoms with Crippen LogP contribution in [0.15, 0.2) is 23.0 Å². The standard InChI is InChI=1S/C9H8F2N4O/c1-5-2-3-7(13-12-5)15-8(16)4-6(14-15)9(10)11/h2-4,9,14H,1H3. The Kier molecular flexibility index (Phi) is 2.51. The zero-order chi connectivity index (χ0) is 11.7. The number of H-pyrrole nitrogens is 1. The van der Waals surface area contributed by atoms with E-state index in [0.717, 1.165) is 10.7 Å². The summed E-state index contributed by atoms with van der Waals surface area (Å²) in [4.78, 5) is 11.4. The minimum atomic E-state index is -2.72. The molecule has 1 N–H and O–H groups in total. The number of nitrogens with one attached hydrogen (secondary N) is 1. The van der Waals surface area contributed by atoms with Gasteiger partial charge in [0.05, 0.1) is 5.69 Å². The lowest BCUT2D eigenvalue weighted by Gasteiger charge is -1.99. The summed E-state index contributed by atoms with van der Waals surface area (Å²) in [5.74, 6) is 0.183. The van der Waals surface area contributed by atoms with Gasteiger partial charge in [-0.05, 0) is 19.1 Å². The van der Waals surface area contributed by atoms with Crippen molar-refractivity contribution in [1.29, 1.82) is 0 Å². The van der Waals surface area contributed by atoms with Gasteiger partial charge in [0.15, 0.2) is 5.82 Å². The van der Waals surface area contributed by atoms with E-state index in [9.17, 15) is 13.6 Å². The summed E-state index contributed by atoms with van der Waals surface area (Å²) in [6.07, 6.45) is -2.72. The summed E-state index contributed by atoms with van der Waals surface area (Å²) in [6.45, 7) is 1.73. The molecule has 0 aliphatic carbocycles. The van der Waals surface area contributed by atoms with E-state index in [-0.39, 0.29) is 5.82 Å². The SMILES string of the molecule is Cc1ccc(-n2[nH]c(C(F)F)cc2=O)nn1. The molecule has 16 heavy (non-hydrogen) atoms. The Morgan fingerprint density at radius 1 is 1.38 bits per heavy atom. The predicted octanol–water partition coefficient (Wildman–Crippen LogP) is 1.20. The monoisotopic (exact) mass is 226 g/mol. The highest BCUT2D eigenvalue weighted by atomic mass is 19.3. The van der Waals surface area contributed by atoms with E-state index in [0.29, 0.717) is 5.69 Å². The van der Waals surface area contributed by atoms with Crippen LogP contribution >= 0.6 is 0 Å². The van der Waals surface area contributed by atoms with Crippen LogP contribution in [-0.4, -0.2) is 20.0 Å². The van der Waals surface area contributed by atoms with Gasteiger partial charge in [-0.3, -0.25) is 9.89 Å². The van der Waals surface area contributed by atoms with Crippen LogP contribution in [0.2, 0.25) is 0 Å². The largest absolute Gasteiger partial charge is 0.288 e. The van der Waals surface area contributed by atoms with E-state index in [2.05, 4.69) is 15.3 Å². The maximum Gasteiger partial charge on any atom is 0.279 e. The molecule has 0 atom stereocenters. The average molecular weight is 226 g/mol. The molecule has 0 saturated carbocycles. The van der Waals surface area contributed by atoms with Crippen LogP contribution in [0, 0.1) is 6.92 Å². The fourth-order valence-corrected chi connectivity index (χ4v) is 1.21. The quantitative estimate of drug-likeness (QED) is 0.836. The fourth-order valence-electron chi connectivity index (χ4n) is 1.21. The molecule has 0 bridgehead atoms. The predicted molar refractivity (Wildman–Crippen MR) is 51.7 cm³/mol. The van der Waals surface area contributed by atoms with Gasteiger partial charge in [0, 0.05) is 6.07 Å². The van der Waals surface area contributed by atoms with Crippen LogP contribution in [0.1, 0.15) is 17.8 Å². The Bertz CT molecular complexity index is 543. The lowest BCUT2D eigenvalue weighted by Crippen LogP contribution is -2.15. The van der Waals surface area contributed by atoms with Crippen molar-refractivity contribution in [1.82, 2.24) is 20.0 Å². The highest BCUT2D eigenvalue weighted by Crippen LogP contribution is 2.14. The molecule has 0 aliphatic heterocycles. The van der Waals surface area contributed by atoms with Crippen molar-refractivity contribution in [2.45, 2.75) is 13.3 Å². The Morgan fingerprint density at radius 2 is 2.12 bits per heavy atom.